The minimum atomic E-state index is 0.869. The van der Waals surface area contributed by atoms with Gasteiger partial charge in [-0.2, -0.15) is 0 Å². The molecular weight excluding hydrogens is 300 g/mol. The highest BCUT2D eigenvalue weighted by Gasteiger charge is 2.07. The summed E-state index contributed by atoms with van der Waals surface area (Å²) in [5.74, 6) is 0. The monoisotopic (exact) mass is 320 g/mol. The van der Waals surface area contributed by atoms with Crippen LogP contribution in [0.15, 0.2) is 22.7 Å². The van der Waals surface area contributed by atoms with Gasteiger partial charge in [-0.1, -0.05) is 15.9 Å². The molecule has 2 rings (SSSR count). The fourth-order valence-electron chi connectivity index (χ4n) is 2.36. The zero-order chi connectivity index (χ0) is 14.2. The summed E-state index contributed by atoms with van der Waals surface area (Å²) in [6.07, 6.45) is 0. The van der Waals surface area contributed by atoms with Crippen LogP contribution in [0.3, 0.4) is 0 Å². The van der Waals surface area contributed by atoms with E-state index in [1.54, 1.807) is 0 Å². The molecule has 0 bridgehead atoms. The van der Waals surface area contributed by atoms with Crippen molar-refractivity contribution < 1.29 is 0 Å². The van der Waals surface area contributed by atoms with Crippen LogP contribution in [-0.2, 0) is 13.6 Å². The molecular formula is C16H21BrN2. The molecule has 102 valence electrons. The fraction of sp³-hybridized carbons (Fsp3) is 0.375. The number of anilines is 1. The van der Waals surface area contributed by atoms with Gasteiger partial charge in [0.1, 0.15) is 0 Å². The van der Waals surface area contributed by atoms with Crippen molar-refractivity contribution in [2.45, 2.75) is 34.2 Å². The predicted molar refractivity (Wildman–Crippen MR) is 85.8 cm³/mol. The molecule has 0 radical (unpaired) electrons. The van der Waals surface area contributed by atoms with Crippen molar-refractivity contribution >= 4 is 21.6 Å². The van der Waals surface area contributed by atoms with E-state index in [9.17, 15) is 0 Å². The van der Waals surface area contributed by atoms with Crippen LogP contribution in [0.1, 0.15) is 28.1 Å². The summed E-state index contributed by atoms with van der Waals surface area (Å²) in [4.78, 5) is 0. The first-order chi connectivity index (χ1) is 8.90. The molecule has 0 saturated carbocycles. The zero-order valence-electron chi connectivity index (χ0n) is 12.3. The molecule has 0 spiro atoms. The lowest BCUT2D eigenvalue weighted by molar-refractivity contribution is 0.837. The highest BCUT2D eigenvalue weighted by Crippen LogP contribution is 2.25. The molecule has 1 aromatic heterocycles. The Hall–Kier alpha value is -1.22. The fourth-order valence-corrected chi connectivity index (χ4v) is 2.59. The van der Waals surface area contributed by atoms with Crippen LogP contribution in [0.2, 0.25) is 0 Å². The van der Waals surface area contributed by atoms with Gasteiger partial charge >= 0.3 is 0 Å². The lowest BCUT2D eigenvalue weighted by Crippen LogP contribution is -2.02. The van der Waals surface area contributed by atoms with Crippen molar-refractivity contribution in [1.29, 1.82) is 0 Å². The van der Waals surface area contributed by atoms with Gasteiger partial charge in [0, 0.05) is 35.1 Å². The lowest BCUT2D eigenvalue weighted by Gasteiger charge is -2.11. The van der Waals surface area contributed by atoms with E-state index in [1.165, 1.54) is 38.2 Å². The number of aryl methyl sites for hydroxylation is 3. The molecule has 19 heavy (non-hydrogen) atoms. The number of halogens is 1. The van der Waals surface area contributed by atoms with Gasteiger partial charge in [0.25, 0.3) is 0 Å². The summed E-state index contributed by atoms with van der Waals surface area (Å²) in [5, 5.41) is 3.52. The zero-order valence-corrected chi connectivity index (χ0v) is 13.9. The van der Waals surface area contributed by atoms with Crippen LogP contribution in [0, 0.1) is 27.7 Å². The summed E-state index contributed by atoms with van der Waals surface area (Å²) in [7, 11) is 2.11. The van der Waals surface area contributed by atoms with Crippen LogP contribution < -0.4 is 5.32 Å². The van der Waals surface area contributed by atoms with Gasteiger partial charge in [0.15, 0.2) is 0 Å². The van der Waals surface area contributed by atoms with E-state index in [0.29, 0.717) is 0 Å². The predicted octanol–water partition coefficient (Wildman–Crippen LogP) is 4.63. The molecule has 3 heteroatoms. The third-order valence-electron chi connectivity index (χ3n) is 3.80. The standard InChI is InChI=1S/C16H21BrN2/c1-10-6-15(7-11(2)16(10)17)18-9-14-8-12(3)19(5)13(14)4/h6-8,18H,9H2,1-5H3. The van der Waals surface area contributed by atoms with Gasteiger partial charge < -0.3 is 9.88 Å². The van der Waals surface area contributed by atoms with E-state index in [4.69, 9.17) is 0 Å². The van der Waals surface area contributed by atoms with Gasteiger partial charge in [-0.25, -0.2) is 0 Å². The first-order valence-corrected chi connectivity index (χ1v) is 7.32. The van der Waals surface area contributed by atoms with Gasteiger partial charge in [0.2, 0.25) is 0 Å². The van der Waals surface area contributed by atoms with E-state index >= 15 is 0 Å². The van der Waals surface area contributed by atoms with Crippen LogP contribution in [0.5, 0.6) is 0 Å². The normalized spacial score (nSPS) is 10.8. The summed E-state index contributed by atoms with van der Waals surface area (Å²) >= 11 is 3.60. The largest absolute Gasteiger partial charge is 0.381 e. The summed E-state index contributed by atoms with van der Waals surface area (Å²) in [6, 6.07) is 6.62. The minimum Gasteiger partial charge on any atom is -0.381 e. The maximum atomic E-state index is 3.60. The Bertz CT molecular complexity index is 588. The third-order valence-corrected chi connectivity index (χ3v) is 5.05. The van der Waals surface area contributed by atoms with E-state index in [0.717, 1.165) is 6.54 Å². The number of nitrogens with zero attached hydrogens (tertiary/aromatic N) is 1. The Kier molecular flexibility index (Phi) is 4.04. The number of hydrogen-bond acceptors (Lipinski definition) is 1. The first kappa shape index (κ1) is 14.2. The van der Waals surface area contributed by atoms with Crippen molar-refractivity contribution in [3.63, 3.8) is 0 Å². The second kappa shape index (κ2) is 5.41. The summed E-state index contributed by atoms with van der Waals surface area (Å²) < 4.78 is 3.43. The number of aromatic nitrogens is 1. The minimum absolute atomic E-state index is 0.869. The molecule has 1 aromatic carbocycles. The lowest BCUT2D eigenvalue weighted by atomic mass is 10.1. The topological polar surface area (TPSA) is 17.0 Å². The molecule has 0 atom stereocenters. The molecule has 0 amide bonds. The Morgan fingerprint density at radius 2 is 1.63 bits per heavy atom. The maximum absolute atomic E-state index is 3.60. The number of hydrogen-bond donors (Lipinski definition) is 1. The molecule has 1 N–H and O–H groups in total. The van der Waals surface area contributed by atoms with Gasteiger partial charge in [-0.05, 0) is 62.6 Å². The molecule has 0 unspecified atom stereocenters. The number of benzene rings is 1. The molecule has 2 aromatic rings. The van der Waals surface area contributed by atoms with Crippen molar-refractivity contribution in [2.75, 3.05) is 5.32 Å². The van der Waals surface area contributed by atoms with E-state index < -0.39 is 0 Å². The van der Waals surface area contributed by atoms with Crippen molar-refractivity contribution in [3.05, 3.63) is 50.8 Å². The third kappa shape index (κ3) is 2.86. The van der Waals surface area contributed by atoms with Crippen LogP contribution in [-0.4, -0.2) is 4.57 Å². The first-order valence-electron chi connectivity index (χ1n) is 6.52. The average Bonchev–Trinajstić information content (AvgIpc) is 2.61. The van der Waals surface area contributed by atoms with E-state index in [1.807, 2.05) is 0 Å². The van der Waals surface area contributed by atoms with E-state index in [2.05, 4.69) is 78.8 Å². The van der Waals surface area contributed by atoms with Crippen LogP contribution >= 0.6 is 15.9 Å². The Morgan fingerprint density at radius 3 is 2.11 bits per heavy atom. The Morgan fingerprint density at radius 1 is 1.05 bits per heavy atom. The van der Waals surface area contributed by atoms with Crippen molar-refractivity contribution in [1.82, 2.24) is 4.57 Å². The molecule has 0 saturated heterocycles. The highest BCUT2D eigenvalue weighted by atomic mass is 79.9. The molecule has 0 fully saturated rings. The van der Waals surface area contributed by atoms with Gasteiger partial charge in [-0.3, -0.25) is 0 Å². The average molecular weight is 321 g/mol. The smallest absolute Gasteiger partial charge is 0.0418 e. The highest BCUT2D eigenvalue weighted by molar-refractivity contribution is 9.10. The van der Waals surface area contributed by atoms with Crippen LogP contribution in [0.25, 0.3) is 0 Å². The Labute approximate surface area is 124 Å². The molecule has 0 aliphatic heterocycles. The molecule has 2 nitrogen and oxygen atoms in total. The van der Waals surface area contributed by atoms with E-state index in [-0.39, 0.29) is 0 Å². The van der Waals surface area contributed by atoms with Gasteiger partial charge in [-0.15, -0.1) is 0 Å². The SMILES string of the molecule is Cc1cc(NCc2cc(C)n(C)c2C)cc(C)c1Br. The second-order valence-electron chi connectivity index (χ2n) is 5.23. The Balaban J connectivity index is 2.17. The van der Waals surface area contributed by atoms with Crippen LogP contribution in [0.4, 0.5) is 5.69 Å². The van der Waals surface area contributed by atoms with Crippen molar-refractivity contribution in [2.24, 2.45) is 7.05 Å². The molecule has 0 aliphatic carbocycles. The number of nitrogens with one attached hydrogen (secondary N) is 1. The maximum Gasteiger partial charge on any atom is 0.0418 e. The quantitative estimate of drug-likeness (QED) is 0.872. The van der Waals surface area contributed by atoms with Crippen molar-refractivity contribution in [3.8, 4) is 0 Å². The molecule has 0 aliphatic rings. The molecule has 1 heterocycles. The van der Waals surface area contributed by atoms with Gasteiger partial charge in [0.05, 0.1) is 0 Å². The summed E-state index contributed by atoms with van der Waals surface area (Å²) in [6.45, 7) is 9.43. The number of rotatable bonds is 3. The second-order valence-corrected chi connectivity index (χ2v) is 6.03. The summed E-state index contributed by atoms with van der Waals surface area (Å²) in [5.41, 5.74) is 7.71.